The number of rotatable bonds is 6. The van der Waals surface area contributed by atoms with E-state index >= 15 is 0 Å². The highest BCUT2D eigenvalue weighted by Crippen LogP contribution is 2.36. The fourth-order valence-electron chi connectivity index (χ4n) is 3.66. The zero-order valence-electron chi connectivity index (χ0n) is 15.5. The molecule has 1 atom stereocenters. The van der Waals surface area contributed by atoms with E-state index in [2.05, 4.69) is 22.0 Å². The molecule has 1 N–H and O–H groups in total. The van der Waals surface area contributed by atoms with Crippen molar-refractivity contribution < 1.29 is 14.2 Å². The Morgan fingerprint density at radius 3 is 2.48 bits per heavy atom. The summed E-state index contributed by atoms with van der Waals surface area (Å²) in [6.45, 7) is 5.05. The maximum atomic E-state index is 5.57. The molecule has 136 valence electrons. The molecule has 2 heterocycles. The van der Waals surface area contributed by atoms with Crippen LogP contribution in [0.1, 0.15) is 35.6 Å². The molecule has 1 aromatic heterocycles. The molecule has 1 saturated heterocycles. The van der Waals surface area contributed by atoms with E-state index in [1.165, 1.54) is 24.1 Å². The van der Waals surface area contributed by atoms with Gasteiger partial charge in [-0.1, -0.05) is 0 Å². The summed E-state index contributed by atoms with van der Waals surface area (Å²) in [5, 5.41) is 7.36. The first-order chi connectivity index (χ1) is 12.2. The van der Waals surface area contributed by atoms with Crippen LogP contribution < -0.4 is 14.2 Å². The first-order valence-electron chi connectivity index (χ1n) is 8.67. The van der Waals surface area contributed by atoms with Crippen molar-refractivity contribution >= 4 is 0 Å². The van der Waals surface area contributed by atoms with E-state index in [0.717, 1.165) is 36.7 Å². The van der Waals surface area contributed by atoms with Gasteiger partial charge in [-0.2, -0.15) is 5.10 Å². The third-order valence-corrected chi connectivity index (χ3v) is 4.96. The second kappa shape index (κ2) is 7.78. The van der Waals surface area contributed by atoms with Crippen LogP contribution in [-0.2, 0) is 6.54 Å². The molecular weight excluding hydrogens is 318 g/mol. The fourth-order valence-corrected chi connectivity index (χ4v) is 3.66. The average molecular weight is 345 g/mol. The molecule has 25 heavy (non-hydrogen) atoms. The van der Waals surface area contributed by atoms with Crippen LogP contribution in [0.25, 0.3) is 0 Å². The smallest absolute Gasteiger partial charge is 0.164 e. The topological polar surface area (TPSA) is 59.6 Å². The molecule has 2 aromatic rings. The van der Waals surface area contributed by atoms with Crippen LogP contribution in [-0.4, -0.2) is 49.5 Å². The third-order valence-electron chi connectivity index (χ3n) is 4.96. The van der Waals surface area contributed by atoms with Crippen LogP contribution >= 0.6 is 0 Å². The van der Waals surface area contributed by atoms with Gasteiger partial charge in [-0.25, -0.2) is 0 Å². The Kier molecular flexibility index (Phi) is 5.48. The lowest BCUT2D eigenvalue weighted by Gasteiger charge is -2.33. The first-order valence-corrected chi connectivity index (χ1v) is 8.67. The number of likely N-dealkylation sites (tertiary alicyclic amines) is 1. The van der Waals surface area contributed by atoms with Gasteiger partial charge in [0.05, 0.1) is 27.5 Å². The Bertz CT molecular complexity index is 714. The van der Waals surface area contributed by atoms with Crippen molar-refractivity contribution in [2.45, 2.75) is 32.2 Å². The molecule has 1 aliphatic rings. The van der Waals surface area contributed by atoms with Gasteiger partial charge in [0.1, 0.15) is 5.75 Å². The van der Waals surface area contributed by atoms with Crippen LogP contribution in [0.3, 0.4) is 0 Å². The minimum Gasteiger partial charge on any atom is -0.496 e. The summed E-state index contributed by atoms with van der Waals surface area (Å²) < 4.78 is 16.4. The van der Waals surface area contributed by atoms with Gasteiger partial charge >= 0.3 is 0 Å². The number of aromatic amines is 1. The fraction of sp³-hybridized carbons (Fsp3) is 0.526. The van der Waals surface area contributed by atoms with Crippen molar-refractivity contribution in [3.8, 4) is 17.2 Å². The maximum absolute atomic E-state index is 5.57. The first kappa shape index (κ1) is 17.6. The zero-order valence-corrected chi connectivity index (χ0v) is 15.5. The summed E-state index contributed by atoms with van der Waals surface area (Å²) in [7, 11) is 4.99. The minimum absolute atomic E-state index is 0.502. The minimum atomic E-state index is 0.502. The number of H-pyrrole nitrogens is 1. The maximum Gasteiger partial charge on any atom is 0.164 e. The normalized spacial score (nSPS) is 18.2. The molecule has 0 saturated carbocycles. The molecule has 3 rings (SSSR count). The molecule has 0 spiro atoms. The Morgan fingerprint density at radius 1 is 1.12 bits per heavy atom. The van der Waals surface area contributed by atoms with Crippen molar-refractivity contribution in [3.05, 3.63) is 35.2 Å². The van der Waals surface area contributed by atoms with Gasteiger partial charge in [-0.05, 0) is 37.9 Å². The van der Waals surface area contributed by atoms with Crippen LogP contribution in [0.4, 0.5) is 0 Å². The molecule has 1 unspecified atom stereocenters. The van der Waals surface area contributed by atoms with Gasteiger partial charge in [-0.15, -0.1) is 0 Å². The highest BCUT2D eigenvalue weighted by Gasteiger charge is 2.25. The summed E-state index contributed by atoms with van der Waals surface area (Å²) in [6, 6.07) is 3.91. The van der Waals surface area contributed by atoms with Crippen LogP contribution in [0.15, 0.2) is 18.3 Å². The van der Waals surface area contributed by atoms with Crippen molar-refractivity contribution in [2.24, 2.45) is 0 Å². The third kappa shape index (κ3) is 3.74. The van der Waals surface area contributed by atoms with Crippen molar-refractivity contribution in [3.63, 3.8) is 0 Å². The monoisotopic (exact) mass is 345 g/mol. The number of benzene rings is 1. The number of hydrogen-bond acceptors (Lipinski definition) is 5. The van der Waals surface area contributed by atoms with Crippen LogP contribution in [0.5, 0.6) is 17.2 Å². The number of hydrogen-bond donors (Lipinski definition) is 1. The molecule has 6 heteroatoms. The van der Waals surface area contributed by atoms with Gasteiger partial charge < -0.3 is 14.2 Å². The number of nitrogens with zero attached hydrogens (tertiary/aromatic N) is 2. The number of piperidine rings is 1. The lowest BCUT2D eigenvalue weighted by molar-refractivity contribution is 0.195. The van der Waals surface area contributed by atoms with E-state index < -0.39 is 0 Å². The molecule has 1 aromatic carbocycles. The number of nitrogens with one attached hydrogen (secondary N) is 1. The number of aromatic nitrogens is 2. The van der Waals surface area contributed by atoms with E-state index in [4.69, 9.17) is 14.2 Å². The number of aryl methyl sites for hydroxylation is 1. The molecule has 6 nitrogen and oxygen atoms in total. The van der Waals surface area contributed by atoms with Crippen molar-refractivity contribution in [2.75, 3.05) is 34.4 Å². The summed E-state index contributed by atoms with van der Waals surface area (Å²) in [4.78, 5) is 2.47. The highest BCUT2D eigenvalue weighted by molar-refractivity contribution is 5.50. The summed E-state index contributed by atoms with van der Waals surface area (Å²) in [5.41, 5.74) is 3.63. The Balaban J connectivity index is 1.78. The van der Waals surface area contributed by atoms with E-state index in [0.29, 0.717) is 11.7 Å². The lowest BCUT2D eigenvalue weighted by Crippen LogP contribution is -2.34. The quantitative estimate of drug-likeness (QED) is 0.872. The molecule has 0 bridgehead atoms. The van der Waals surface area contributed by atoms with Crippen molar-refractivity contribution in [1.82, 2.24) is 15.1 Å². The molecular formula is C19H27N3O3. The van der Waals surface area contributed by atoms with E-state index in [1.54, 1.807) is 21.3 Å². The SMILES string of the molecule is COc1cc(OC)c(OC)cc1CN1CCCC(c2[nH]ncc2C)C1. The second-order valence-corrected chi connectivity index (χ2v) is 6.56. The Labute approximate surface area is 149 Å². The van der Waals surface area contributed by atoms with E-state index in [9.17, 15) is 0 Å². The van der Waals surface area contributed by atoms with Gasteiger partial charge in [-0.3, -0.25) is 10.00 Å². The van der Waals surface area contributed by atoms with Crippen LogP contribution in [0, 0.1) is 6.92 Å². The molecule has 0 amide bonds. The standard InChI is InChI=1S/C19H27N3O3/c1-13-10-20-21-19(13)14-6-5-7-22(11-14)12-15-8-17(24-3)18(25-4)9-16(15)23-2/h8-10,14H,5-7,11-12H2,1-4H3,(H,20,21). The molecule has 0 aliphatic carbocycles. The largest absolute Gasteiger partial charge is 0.496 e. The Hall–Kier alpha value is -2.21. The lowest BCUT2D eigenvalue weighted by atomic mass is 9.92. The highest BCUT2D eigenvalue weighted by atomic mass is 16.5. The average Bonchev–Trinajstić information content (AvgIpc) is 3.07. The van der Waals surface area contributed by atoms with Gasteiger partial charge in [0.2, 0.25) is 0 Å². The summed E-state index contributed by atoms with van der Waals surface area (Å²) in [5.74, 6) is 2.75. The Morgan fingerprint density at radius 2 is 1.84 bits per heavy atom. The predicted molar refractivity (Wildman–Crippen MR) is 96.7 cm³/mol. The predicted octanol–water partition coefficient (Wildman–Crippen LogP) is 3.12. The molecule has 1 aliphatic heterocycles. The summed E-state index contributed by atoms with van der Waals surface area (Å²) in [6.07, 6.45) is 4.28. The zero-order chi connectivity index (χ0) is 17.8. The van der Waals surface area contributed by atoms with Crippen molar-refractivity contribution in [1.29, 1.82) is 0 Å². The number of ether oxygens (including phenoxy) is 3. The van der Waals surface area contributed by atoms with Gasteiger partial charge in [0.25, 0.3) is 0 Å². The molecule has 1 fully saturated rings. The van der Waals surface area contributed by atoms with Crippen LogP contribution in [0.2, 0.25) is 0 Å². The summed E-state index contributed by atoms with van der Waals surface area (Å²) >= 11 is 0. The van der Waals surface area contributed by atoms with E-state index in [1.807, 2.05) is 18.3 Å². The second-order valence-electron chi connectivity index (χ2n) is 6.56. The van der Waals surface area contributed by atoms with Gasteiger partial charge in [0.15, 0.2) is 11.5 Å². The van der Waals surface area contributed by atoms with E-state index in [-0.39, 0.29) is 0 Å². The number of methoxy groups -OCH3 is 3. The van der Waals surface area contributed by atoms with Gasteiger partial charge in [0, 0.05) is 36.3 Å². The molecule has 0 radical (unpaired) electrons.